The second-order valence-electron chi connectivity index (χ2n) is 5.09. The minimum Gasteiger partial charge on any atom is -0.489 e. The van der Waals surface area contributed by atoms with Gasteiger partial charge in [-0.05, 0) is 35.6 Å². The van der Waals surface area contributed by atoms with Crippen LogP contribution in [0.3, 0.4) is 0 Å². The molecule has 0 heterocycles. The van der Waals surface area contributed by atoms with E-state index in [9.17, 15) is 0 Å². The third-order valence-electron chi connectivity index (χ3n) is 3.23. The van der Waals surface area contributed by atoms with E-state index in [2.05, 4.69) is 31.2 Å². The van der Waals surface area contributed by atoms with E-state index in [4.69, 9.17) is 10.00 Å². The molecule has 0 aliphatic heterocycles. The zero-order chi connectivity index (χ0) is 14.9. The fourth-order valence-corrected chi connectivity index (χ4v) is 2.11. The Morgan fingerprint density at radius 2 is 1.76 bits per heavy atom. The third-order valence-corrected chi connectivity index (χ3v) is 3.23. The van der Waals surface area contributed by atoms with E-state index in [0.29, 0.717) is 12.5 Å². The number of nitrogens with zero attached hydrogens (tertiary/aromatic N) is 1. The van der Waals surface area contributed by atoms with Gasteiger partial charge in [-0.1, -0.05) is 55.5 Å². The molecule has 0 radical (unpaired) electrons. The Morgan fingerprint density at radius 1 is 1.05 bits per heavy atom. The molecule has 0 aromatic heterocycles. The van der Waals surface area contributed by atoms with Gasteiger partial charge in [-0.25, -0.2) is 0 Å². The van der Waals surface area contributed by atoms with Gasteiger partial charge < -0.3 is 4.74 Å². The van der Waals surface area contributed by atoms with Crippen molar-refractivity contribution in [2.75, 3.05) is 0 Å². The summed E-state index contributed by atoms with van der Waals surface area (Å²) in [7, 11) is 0. The van der Waals surface area contributed by atoms with Gasteiger partial charge in [0, 0.05) is 6.08 Å². The van der Waals surface area contributed by atoms with Crippen LogP contribution in [0.15, 0.2) is 66.7 Å². The SMILES string of the molecule is C[C@H](/C=C/C#N)Cc1ccc(OCc2ccccc2)cc1. The maximum atomic E-state index is 8.52. The Labute approximate surface area is 126 Å². The minimum absolute atomic E-state index is 0.362. The number of allylic oxidation sites excluding steroid dienone is 2. The summed E-state index contributed by atoms with van der Waals surface area (Å²) >= 11 is 0. The molecule has 0 unspecified atom stereocenters. The summed E-state index contributed by atoms with van der Waals surface area (Å²) in [4.78, 5) is 0. The van der Waals surface area contributed by atoms with Gasteiger partial charge in [0.2, 0.25) is 0 Å². The van der Waals surface area contributed by atoms with Crippen molar-refractivity contribution in [2.24, 2.45) is 5.92 Å². The van der Waals surface area contributed by atoms with E-state index >= 15 is 0 Å². The molecule has 106 valence electrons. The van der Waals surface area contributed by atoms with Crippen LogP contribution in [0.4, 0.5) is 0 Å². The first-order valence-electron chi connectivity index (χ1n) is 7.10. The van der Waals surface area contributed by atoms with Crippen molar-refractivity contribution in [1.29, 1.82) is 5.26 Å². The Bertz CT molecular complexity index is 608. The highest BCUT2D eigenvalue weighted by Crippen LogP contribution is 2.17. The van der Waals surface area contributed by atoms with Gasteiger partial charge in [0.05, 0.1) is 6.07 Å². The third kappa shape index (κ3) is 5.16. The van der Waals surface area contributed by atoms with Gasteiger partial charge in [-0.3, -0.25) is 0 Å². The number of hydrogen-bond acceptors (Lipinski definition) is 2. The van der Waals surface area contributed by atoms with E-state index in [-0.39, 0.29) is 0 Å². The quantitative estimate of drug-likeness (QED) is 0.727. The summed E-state index contributed by atoms with van der Waals surface area (Å²) in [6.07, 6.45) is 4.40. The molecule has 0 aliphatic carbocycles. The summed E-state index contributed by atoms with van der Waals surface area (Å²) in [6, 6.07) is 20.3. The topological polar surface area (TPSA) is 33.0 Å². The molecule has 0 saturated heterocycles. The van der Waals surface area contributed by atoms with E-state index < -0.39 is 0 Å². The lowest BCUT2D eigenvalue weighted by Gasteiger charge is -2.09. The monoisotopic (exact) mass is 277 g/mol. The van der Waals surface area contributed by atoms with Crippen molar-refractivity contribution in [3.05, 3.63) is 77.9 Å². The summed E-state index contributed by atoms with van der Waals surface area (Å²) in [5, 5.41) is 8.52. The molecule has 0 saturated carbocycles. The Hall–Kier alpha value is -2.53. The fraction of sp³-hybridized carbons (Fsp3) is 0.211. The molecule has 1 atom stereocenters. The Morgan fingerprint density at radius 3 is 2.43 bits per heavy atom. The standard InChI is InChI=1S/C19H19NO/c1-16(6-5-13-20)14-17-9-11-19(12-10-17)21-15-18-7-3-2-4-8-18/h2-12,16H,14-15H2,1H3/b6-5+/t16-/m1/s1. The highest BCUT2D eigenvalue weighted by atomic mass is 16.5. The van der Waals surface area contributed by atoms with Crippen LogP contribution >= 0.6 is 0 Å². The molecular weight excluding hydrogens is 258 g/mol. The maximum absolute atomic E-state index is 8.52. The highest BCUT2D eigenvalue weighted by molar-refractivity contribution is 5.28. The first-order chi connectivity index (χ1) is 10.3. The van der Waals surface area contributed by atoms with E-state index in [0.717, 1.165) is 17.7 Å². The van der Waals surface area contributed by atoms with Crippen LogP contribution in [-0.2, 0) is 13.0 Å². The summed E-state index contributed by atoms with van der Waals surface area (Å²) in [6.45, 7) is 2.69. The van der Waals surface area contributed by atoms with E-state index in [1.807, 2.05) is 42.5 Å². The van der Waals surface area contributed by atoms with Crippen LogP contribution in [0.2, 0.25) is 0 Å². The van der Waals surface area contributed by atoms with Crippen molar-refractivity contribution in [2.45, 2.75) is 20.0 Å². The average molecular weight is 277 g/mol. The first kappa shape index (κ1) is 14.9. The summed E-state index contributed by atoms with van der Waals surface area (Å²) in [5.74, 6) is 1.24. The summed E-state index contributed by atoms with van der Waals surface area (Å²) in [5.41, 5.74) is 2.41. The number of hydrogen-bond donors (Lipinski definition) is 0. The number of nitriles is 1. The molecule has 0 N–H and O–H groups in total. The first-order valence-corrected chi connectivity index (χ1v) is 7.10. The van der Waals surface area contributed by atoms with Crippen LogP contribution < -0.4 is 4.74 Å². The molecule has 0 aliphatic rings. The Kier molecular flexibility index (Phi) is 5.60. The van der Waals surface area contributed by atoms with Gasteiger partial charge in [0.1, 0.15) is 12.4 Å². The van der Waals surface area contributed by atoms with Crippen molar-refractivity contribution in [1.82, 2.24) is 0 Å². The predicted octanol–water partition coefficient (Wildman–Crippen LogP) is 4.52. The molecule has 0 spiro atoms. The molecule has 2 aromatic rings. The van der Waals surface area contributed by atoms with Gasteiger partial charge in [-0.2, -0.15) is 5.26 Å². The van der Waals surface area contributed by atoms with Gasteiger partial charge in [-0.15, -0.1) is 0 Å². The lowest BCUT2D eigenvalue weighted by molar-refractivity contribution is 0.306. The number of benzene rings is 2. The molecule has 0 bridgehead atoms. The van der Waals surface area contributed by atoms with Crippen molar-refractivity contribution < 1.29 is 4.74 Å². The van der Waals surface area contributed by atoms with E-state index in [1.165, 1.54) is 5.56 Å². The van der Waals surface area contributed by atoms with E-state index in [1.54, 1.807) is 6.08 Å². The van der Waals surface area contributed by atoms with Crippen molar-refractivity contribution in [3.63, 3.8) is 0 Å². The van der Waals surface area contributed by atoms with Crippen molar-refractivity contribution in [3.8, 4) is 11.8 Å². The average Bonchev–Trinajstić information content (AvgIpc) is 2.53. The zero-order valence-corrected chi connectivity index (χ0v) is 12.2. The van der Waals surface area contributed by atoms with Gasteiger partial charge in [0.15, 0.2) is 0 Å². The number of ether oxygens (including phenoxy) is 1. The smallest absolute Gasteiger partial charge is 0.119 e. The molecule has 21 heavy (non-hydrogen) atoms. The lowest BCUT2D eigenvalue weighted by atomic mass is 10.0. The normalized spacial score (nSPS) is 12.0. The molecular formula is C19H19NO. The molecule has 2 nitrogen and oxygen atoms in total. The molecule has 0 fully saturated rings. The number of rotatable bonds is 6. The zero-order valence-electron chi connectivity index (χ0n) is 12.2. The van der Waals surface area contributed by atoms with Crippen LogP contribution in [0.1, 0.15) is 18.1 Å². The second kappa shape index (κ2) is 7.91. The summed E-state index contributed by atoms with van der Waals surface area (Å²) < 4.78 is 5.76. The highest BCUT2D eigenvalue weighted by Gasteiger charge is 2.01. The molecule has 2 heteroatoms. The molecule has 2 rings (SSSR count). The second-order valence-corrected chi connectivity index (χ2v) is 5.09. The van der Waals surface area contributed by atoms with Crippen LogP contribution in [0.5, 0.6) is 5.75 Å². The minimum atomic E-state index is 0.362. The van der Waals surface area contributed by atoms with Crippen LogP contribution in [0, 0.1) is 17.2 Å². The van der Waals surface area contributed by atoms with Gasteiger partial charge in [0.25, 0.3) is 0 Å². The Balaban J connectivity index is 1.87. The van der Waals surface area contributed by atoms with Gasteiger partial charge >= 0.3 is 0 Å². The van der Waals surface area contributed by atoms with Crippen LogP contribution in [0.25, 0.3) is 0 Å². The predicted molar refractivity (Wildman–Crippen MR) is 84.8 cm³/mol. The maximum Gasteiger partial charge on any atom is 0.119 e. The van der Waals surface area contributed by atoms with Crippen molar-refractivity contribution >= 4 is 0 Å². The lowest BCUT2D eigenvalue weighted by Crippen LogP contribution is -1.97. The molecule has 0 amide bonds. The molecule has 2 aromatic carbocycles. The largest absolute Gasteiger partial charge is 0.489 e. The fourth-order valence-electron chi connectivity index (χ4n) is 2.11. The van der Waals surface area contributed by atoms with Crippen LogP contribution in [-0.4, -0.2) is 0 Å².